The topological polar surface area (TPSA) is 83.0 Å². The number of fused-ring (bicyclic) bond motifs is 1. The highest BCUT2D eigenvalue weighted by Crippen LogP contribution is 2.28. The quantitative estimate of drug-likeness (QED) is 0.693. The highest BCUT2D eigenvalue weighted by Gasteiger charge is 2.22. The van der Waals surface area contributed by atoms with Crippen molar-refractivity contribution in [1.29, 1.82) is 0 Å². The van der Waals surface area contributed by atoms with Gasteiger partial charge >= 0.3 is 5.97 Å². The van der Waals surface area contributed by atoms with Crippen LogP contribution in [0.1, 0.15) is 52.6 Å². The Bertz CT molecular complexity index is 970. The number of hydrogen-bond acceptors (Lipinski definition) is 3. The molecule has 0 fully saturated rings. The molecule has 0 spiro atoms. The SMILES string of the molecule is Cc1ccnc(C(=O)c2[nH]c3ccc(C(C)C)cc3c2CC(=O)O)c1. The number of nitrogens with one attached hydrogen (secondary N) is 1. The molecule has 25 heavy (non-hydrogen) atoms. The van der Waals surface area contributed by atoms with Crippen molar-refractivity contribution in [3.05, 3.63) is 64.6 Å². The molecule has 2 aromatic heterocycles. The molecule has 1 aromatic carbocycles. The lowest BCUT2D eigenvalue weighted by Crippen LogP contribution is -2.10. The second-order valence-electron chi connectivity index (χ2n) is 6.56. The number of pyridine rings is 1. The van der Waals surface area contributed by atoms with Crippen molar-refractivity contribution in [3.63, 3.8) is 0 Å². The summed E-state index contributed by atoms with van der Waals surface area (Å²) in [5.74, 6) is -0.945. The number of aromatic amines is 1. The normalized spacial score (nSPS) is 11.2. The molecular formula is C20H20N2O3. The number of H-pyrrole nitrogens is 1. The summed E-state index contributed by atoms with van der Waals surface area (Å²) in [6.07, 6.45) is 1.37. The first kappa shape index (κ1) is 16.9. The van der Waals surface area contributed by atoms with Crippen LogP contribution in [0.2, 0.25) is 0 Å². The number of rotatable bonds is 5. The number of carbonyl (C=O) groups is 2. The zero-order chi connectivity index (χ0) is 18.1. The monoisotopic (exact) mass is 336 g/mol. The van der Waals surface area contributed by atoms with Crippen LogP contribution in [0.3, 0.4) is 0 Å². The molecule has 0 saturated carbocycles. The number of aryl methyl sites for hydroxylation is 1. The molecule has 128 valence electrons. The fourth-order valence-corrected chi connectivity index (χ4v) is 2.94. The maximum atomic E-state index is 12.9. The van der Waals surface area contributed by atoms with Crippen LogP contribution in [0, 0.1) is 6.92 Å². The Kier molecular flexibility index (Phi) is 4.40. The highest BCUT2D eigenvalue weighted by molar-refractivity contribution is 6.11. The highest BCUT2D eigenvalue weighted by atomic mass is 16.4. The van der Waals surface area contributed by atoms with Crippen LogP contribution < -0.4 is 0 Å². The zero-order valence-electron chi connectivity index (χ0n) is 14.5. The lowest BCUT2D eigenvalue weighted by atomic mass is 9.98. The molecule has 3 aromatic rings. The molecule has 0 aliphatic rings. The van der Waals surface area contributed by atoms with Crippen molar-refractivity contribution >= 4 is 22.7 Å². The second-order valence-corrected chi connectivity index (χ2v) is 6.56. The number of nitrogens with zero attached hydrogens (tertiary/aromatic N) is 1. The van der Waals surface area contributed by atoms with E-state index < -0.39 is 5.97 Å². The number of aromatic nitrogens is 2. The lowest BCUT2D eigenvalue weighted by molar-refractivity contribution is -0.136. The van der Waals surface area contributed by atoms with Crippen molar-refractivity contribution < 1.29 is 14.7 Å². The third kappa shape index (κ3) is 3.31. The minimum Gasteiger partial charge on any atom is -0.481 e. The van der Waals surface area contributed by atoms with Crippen LogP contribution in [0.5, 0.6) is 0 Å². The molecule has 5 heteroatoms. The maximum absolute atomic E-state index is 12.9. The molecule has 0 radical (unpaired) electrons. The van der Waals surface area contributed by atoms with Crippen LogP contribution in [0.4, 0.5) is 0 Å². The molecule has 0 bridgehead atoms. The van der Waals surface area contributed by atoms with Gasteiger partial charge < -0.3 is 10.1 Å². The predicted octanol–water partition coefficient (Wildman–Crippen LogP) is 3.85. The van der Waals surface area contributed by atoms with Gasteiger partial charge in [-0.1, -0.05) is 19.9 Å². The molecule has 0 atom stereocenters. The van der Waals surface area contributed by atoms with E-state index in [1.54, 1.807) is 12.3 Å². The van der Waals surface area contributed by atoms with Crippen LogP contribution in [-0.2, 0) is 11.2 Å². The number of carboxylic acids is 1. The molecule has 2 heterocycles. The number of benzene rings is 1. The van der Waals surface area contributed by atoms with Crippen LogP contribution in [-0.4, -0.2) is 26.8 Å². The van der Waals surface area contributed by atoms with Gasteiger partial charge in [-0.15, -0.1) is 0 Å². The van der Waals surface area contributed by atoms with Gasteiger partial charge in [0.15, 0.2) is 0 Å². The van der Waals surface area contributed by atoms with Gasteiger partial charge in [-0.05, 0) is 48.2 Å². The molecule has 0 saturated heterocycles. The third-order valence-corrected chi connectivity index (χ3v) is 4.30. The Labute approximate surface area is 145 Å². The smallest absolute Gasteiger partial charge is 0.307 e. The first-order valence-electron chi connectivity index (χ1n) is 8.20. The summed E-state index contributed by atoms with van der Waals surface area (Å²) in [5.41, 5.74) is 3.91. The number of carboxylic acid groups (broad SMARTS) is 1. The van der Waals surface area contributed by atoms with Crippen molar-refractivity contribution in [2.24, 2.45) is 0 Å². The molecule has 5 nitrogen and oxygen atoms in total. The van der Waals surface area contributed by atoms with Gasteiger partial charge in [0.05, 0.1) is 12.1 Å². The number of ketones is 1. The van der Waals surface area contributed by atoms with Crippen molar-refractivity contribution in [3.8, 4) is 0 Å². The fourth-order valence-electron chi connectivity index (χ4n) is 2.94. The molecule has 0 aliphatic heterocycles. The predicted molar refractivity (Wildman–Crippen MR) is 96.1 cm³/mol. The standard InChI is InChI=1S/C20H20N2O3/c1-11(2)13-4-5-16-14(9-13)15(10-18(23)24)19(22-16)20(25)17-8-12(3)6-7-21-17/h4-9,11,22H,10H2,1-3H3,(H,23,24). The van der Waals surface area contributed by atoms with Crippen molar-refractivity contribution in [2.45, 2.75) is 33.1 Å². The van der Waals surface area contributed by atoms with E-state index in [0.29, 0.717) is 22.9 Å². The van der Waals surface area contributed by atoms with Gasteiger partial charge in [0.1, 0.15) is 5.69 Å². The van der Waals surface area contributed by atoms with Gasteiger partial charge in [0.2, 0.25) is 5.78 Å². The number of carbonyl (C=O) groups excluding carboxylic acids is 1. The van der Waals surface area contributed by atoms with Gasteiger partial charge in [-0.2, -0.15) is 0 Å². The van der Waals surface area contributed by atoms with E-state index in [-0.39, 0.29) is 12.2 Å². The van der Waals surface area contributed by atoms with Gasteiger partial charge in [-0.25, -0.2) is 0 Å². The fraction of sp³-hybridized carbons (Fsp3) is 0.250. The van der Waals surface area contributed by atoms with E-state index in [2.05, 4.69) is 23.8 Å². The van der Waals surface area contributed by atoms with Crippen LogP contribution in [0.15, 0.2) is 36.5 Å². The largest absolute Gasteiger partial charge is 0.481 e. The van der Waals surface area contributed by atoms with Crippen molar-refractivity contribution in [1.82, 2.24) is 9.97 Å². The van der Waals surface area contributed by atoms with Crippen molar-refractivity contribution in [2.75, 3.05) is 0 Å². The van der Waals surface area contributed by atoms with E-state index in [1.165, 1.54) is 0 Å². The third-order valence-electron chi connectivity index (χ3n) is 4.30. The molecule has 0 amide bonds. The maximum Gasteiger partial charge on any atom is 0.307 e. The average molecular weight is 336 g/mol. The Morgan fingerprint density at radius 3 is 2.60 bits per heavy atom. The summed E-state index contributed by atoms with van der Waals surface area (Å²) in [5, 5.41) is 10.1. The van der Waals surface area contributed by atoms with Crippen LogP contribution in [0.25, 0.3) is 10.9 Å². The van der Waals surface area contributed by atoms with E-state index in [0.717, 1.165) is 22.0 Å². The van der Waals surface area contributed by atoms with E-state index in [9.17, 15) is 14.7 Å². The number of aliphatic carboxylic acids is 1. The molecule has 2 N–H and O–H groups in total. The Morgan fingerprint density at radius 2 is 1.96 bits per heavy atom. The molecule has 0 unspecified atom stereocenters. The Hall–Kier alpha value is -2.95. The minimum atomic E-state index is -0.970. The Morgan fingerprint density at radius 1 is 1.20 bits per heavy atom. The van der Waals surface area contributed by atoms with Crippen LogP contribution >= 0.6 is 0 Å². The average Bonchev–Trinajstić information content (AvgIpc) is 2.91. The molecule has 0 aliphatic carbocycles. The second kappa shape index (κ2) is 6.51. The summed E-state index contributed by atoms with van der Waals surface area (Å²) in [6, 6.07) is 9.38. The minimum absolute atomic E-state index is 0.214. The summed E-state index contributed by atoms with van der Waals surface area (Å²) in [7, 11) is 0. The first-order chi connectivity index (χ1) is 11.9. The van der Waals surface area contributed by atoms with Gasteiger partial charge in [-0.3, -0.25) is 14.6 Å². The summed E-state index contributed by atoms with van der Waals surface area (Å²) in [6.45, 7) is 6.04. The Balaban J connectivity index is 2.19. The molecule has 3 rings (SSSR count). The summed E-state index contributed by atoms with van der Waals surface area (Å²) in [4.78, 5) is 31.5. The van der Waals surface area contributed by atoms with E-state index in [1.807, 2.05) is 31.2 Å². The lowest BCUT2D eigenvalue weighted by Gasteiger charge is -2.06. The molecular weight excluding hydrogens is 316 g/mol. The van der Waals surface area contributed by atoms with Gasteiger partial charge in [0, 0.05) is 22.7 Å². The van der Waals surface area contributed by atoms with E-state index in [4.69, 9.17) is 0 Å². The first-order valence-corrected chi connectivity index (χ1v) is 8.20. The van der Waals surface area contributed by atoms with Gasteiger partial charge in [0.25, 0.3) is 0 Å². The summed E-state index contributed by atoms with van der Waals surface area (Å²) >= 11 is 0. The van der Waals surface area contributed by atoms with E-state index >= 15 is 0 Å². The number of hydrogen-bond donors (Lipinski definition) is 2. The summed E-state index contributed by atoms with van der Waals surface area (Å²) < 4.78 is 0. The zero-order valence-corrected chi connectivity index (χ0v) is 14.5.